The Labute approximate surface area is 80.8 Å². The molecule has 1 aliphatic heterocycles. The van der Waals surface area contributed by atoms with Crippen LogP contribution in [0.4, 0.5) is 0 Å². The molecule has 1 saturated heterocycles. The Balaban J connectivity index is 2.58. The molecule has 1 rings (SSSR count). The Morgan fingerprint density at radius 2 is 2.23 bits per heavy atom. The number of ether oxygens (including phenoxy) is 1. The van der Waals surface area contributed by atoms with Crippen molar-refractivity contribution in [1.82, 2.24) is 0 Å². The molecule has 0 atom stereocenters. The van der Waals surface area contributed by atoms with E-state index in [4.69, 9.17) is 4.74 Å². The summed E-state index contributed by atoms with van der Waals surface area (Å²) in [5.41, 5.74) is 2.68. The molecule has 1 nitrogen and oxygen atoms in total. The first-order valence-electron chi connectivity index (χ1n) is 4.80. The van der Waals surface area contributed by atoms with Gasteiger partial charge >= 0.3 is 0 Å². The topological polar surface area (TPSA) is 9.23 Å². The fourth-order valence-corrected chi connectivity index (χ4v) is 1.48. The molecule has 0 amide bonds. The van der Waals surface area contributed by atoms with Crippen molar-refractivity contribution < 1.29 is 4.74 Å². The monoisotopic (exact) mass is 178 g/mol. The molecule has 0 bridgehead atoms. The van der Waals surface area contributed by atoms with Gasteiger partial charge in [0.25, 0.3) is 0 Å². The van der Waals surface area contributed by atoms with Gasteiger partial charge in [-0.25, -0.2) is 0 Å². The number of allylic oxidation sites excluding steroid dienone is 5. The van der Waals surface area contributed by atoms with Crippen molar-refractivity contribution in [1.29, 1.82) is 0 Å². The number of hydrogen-bond donors (Lipinski definition) is 0. The van der Waals surface area contributed by atoms with Crippen LogP contribution < -0.4 is 0 Å². The van der Waals surface area contributed by atoms with Gasteiger partial charge in [-0.1, -0.05) is 24.8 Å². The van der Waals surface area contributed by atoms with Crippen LogP contribution in [-0.2, 0) is 4.74 Å². The van der Waals surface area contributed by atoms with Gasteiger partial charge in [-0.15, -0.1) is 0 Å². The molecule has 0 aromatic rings. The highest BCUT2D eigenvalue weighted by atomic mass is 16.5. The van der Waals surface area contributed by atoms with Crippen LogP contribution in [0.25, 0.3) is 0 Å². The van der Waals surface area contributed by atoms with Crippen LogP contribution in [0.3, 0.4) is 0 Å². The van der Waals surface area contributed by atoms with E-state index in [1.807, 2.05) is 13.0 Å². The SMILES string of the molecule is C=C/C(CC1COC1)=C(C)\C=C/C. The third-order valence-corrected chi connectivity index (χ3v) is 2.39. The van der Waals surface area contributed by atoms with Crippen LogP contribution in [0.2, 0.25) is 0 Å². The first-order chi connectivity index (χ1) is 6.27. The summed E-state index contributed by atoms with van der Waals surface area (Å²) in [6.45, 7) is 9.85. The van der Waals surface area contributed by atoms with Crippen molar-refractivity contribution >= 4 is 0 Å². The minimum atomic E-state index is 0.716. The van der Waals surface area contributed by atoms with E-state index < -0.39 is 0 Å². The Kier molecular flexibility index (Phi) is 3.97. The van der Waals surface area contributed by atoms with Gasteiger partial charge in [-0.05, 0) is 31.4 Å². The van der Waals surface area contributed by atoms with E-state index in [2.05, 4.69) is 25.7 Å². The summed E-state index contributed by atoms with van der Waals surface area (Å²) in [7, 11) is 0. The molecule has 0 spiro atoms. The molecule has 1 heteroatoms. The van der Waals surface area contributed by atoms with E-state index in [-0.39, 0.29) is 0 Å². The smallest absolute Gasteiger partial charge is 0.0519 e. The first kappa shape index (κ1) is 10.3. The summed E-state index contributed by atoms with van der Waals surface area (Å²) in [6, 6.07) is 0. The van der Waals surface area contributed by atoms with Crippen molar-refractivity contribution in [3.63, 3.8) is 0 Å². The second kappa shape index (κ2) is 5.03. The third kappa shape index (κ3) is 2.85. The van der Waals surface area contributed by atoms with Gasteiger partial charge in [0.05, 0.1) is 13.2 Å². The fourth-order valence-electron chi connectivity index (χ4n) is 1.48. The molecule has 0 aliphatic carbocycles. The molecule has 1 fully saturated rings. The van der Waals surface area contributed by atoms with Crippen molar-refractivity contribution in [2.24, 2.45) is 5.92 Å². The number of hydrogen-bond acceptors (Lipinski definition) is 1. The van der Waals surface area contributed by atoms with Crippen LogP contribution in [0.15, 0.2) is 36.0 Å². The summed E-state index contributed by atoms with van der Waals surface area (Å²) in [5, 5.41) is 0. The van der Waals surface area contributed by atoms with Gasteiger partial charge in [0.15, 0.2) is 0 Å². The molecule has 1 aliphatic rings. The molecule has 0 aromatic carbocycles. The Morgan fingerprint density at radius 3 is 2.62 bits per heavy atom. The predicted molar refractivity (Wildman–Crippen MR) is 56.6 cm³/mol. The lowest BCUT2D eigenvalue weighted by Crippen LogP contribution is -2.27. The molecule has 1 heterocycles. The van der Waals surface area contributed by atoms with Gasteiger partial charge in [0, 0.05) is 5.92 Å². The summed E-state index contributed by atoms with van der Waals surface area (Å²) >= 11 is 0. The summed E-state index contributed by atoms with van der Waals surface area (Å²) in [5.74, 6) is 0.716. The van der Waals surface area contributed by atoms with E-state index in [0.717, 1.165) is 19.6 Å². The Hall–Kier alpha value is -0.820. The second-order valence-corrected chi connectivity index (χ2v) is 3.52. The minimum absolute atomic E-state index is 0.716. The van der Waals surface area contributed by atoms with E-state index in [1.165, 1.54) is 11.1 Å². The molecule has 0 aromatic heterocycles. The van der Waals surface area contributed by atoms with E-state index in [0.29, 0.717) is 5.92 Å². The standard InChI is InChI=1S/C12H18O/c1-4-6-10(3)12(5-2)7-11-8-13-9-11/h4-6,11H,2,7-9H2,1,3H3/b6-4-,12-10+. The maximum atomic E-state index is 5.15. The third-order valence-electron chi connectivity index (χ3n) is 2.39. The zero-order valence-corrected chi connectivity index (χ0v) is 8.55. The lowest BCUT2D eigenvalue weighted by Gasteiger charge is -2.26. The van der Waals surface area contributed by atoms with Crippen molar-refractivity contribution in [3.05, 3.63) is 36.0 Å². The Bertz CT molecular complexity index is 232. The van der Waals surface area contributed by atoms with Crippen LogP contribution >= 0.6 is 0 Å². The van der Waals surface area contributed by atoms with E-state index in [9.17, 15) is 0 Å². The maximum absolute atomic E-state index is 5.15. The molecule has 0 radical (unpaired) electrons. The van der Waals surface area contributed by atoms with Gasteiger partial charge in [-0.2, -0.15) is 0 Å². The predicted octanol–water partition coefficient (Wildman–Crippen LogP) is 3.10. The van der Waals surface area contributed by atoms with Crippen molar-refractivity contribution in [2.75, 3.05) is 13.2 Å². The van der Waals surface area contributed by atoms with Crippen molar-refractivity contribution in [2.45, 2.75) is 20.3 Å². The summed E-state index contributed by atoms with van der Waals surface area (Å²) in [4.78, 5) is 0. The average molecular weight is 178 g/mol. The van der Waals surface area contributed by atoms with Crippen LogP contribution in [0.1, 0.15) is 20.3 Å². The zero-order chi connectivity index (χ0) is 9.68. The minimum Gasteiger partial charge on any atom is -0.381 e. The maximum Gasteiger partial charge on any atom is 0.0519 e. The first-order valence-corrected chi connectivity index (χ1v) is 4.80. The van der Waals surface area contributed by atoms with Gasteiger partial charge in [0.1, 0.15) is 0 Å². The summed E-state index contributed by atoms with van der Waals surface area (Å²) < 4.78 is 5.15. The molecule has 0 unspecified atom stereocenters. The second-order valence-electron chi connectivity index (χ2n) is 3.52. The lowest BCUT2D eigenvalue weighted by atomic mass is 9.95. The summed E-state index contributed by atoms with van der Waals surface area (Å²) in [6.07, 6.45) is 7.28. The van der Waals surface area contributed by atoms with Gasteiger partial charge in [-0.3, -0.25) is 0 Å². The molecule has 0 saturated carbocycles. The highest BCUT2D eigenvalue weighted by molar-refractivity contribution is 5.30. The quantitative estimate of drug-likeness (QED) is 0.601. The molecule has 0 N–H and O–H groups in total. The highest BCUT2D eigenvalue weighted by Crippen LogP contribution is 2.22. The Morgan fingerprint density at radius 1 is 1.54 bits per heavy atom. The van der Waals surface area contributed by atoms with Crippen LogP contribution in [-0.4, -0.2) is 13.2 Å². The molecular weight excluding hydrogens is 160 g/mol. The molecule has 13 heavy (non-hydrogen) atoms. The number of rotatable bonds is 4. The highest BCUT2D eigenvalue weighted by Gasteiger charge is 2.19. The van der Waals surface area contributed by atoms with Crippen LogP contribution in [0, 0.1) is 5.92 Å². The fraction of sp³-hybridized carbons (Fsp3) is 0.500. The normalized spacial score (nSPS) is 19.8. The lowest BCUT2D eigenvalue weighted by molar-refractivity contribution is -0.0309. The molecular formula is C12H18O. The van der Waals surface area contributed by atoms with Crippen molar-refractivity contribution in [3.8, 4) is 0 Å². The molecule has 72 valence electrons. The van der Waals surface area contributed by atoms with Gasteiger partial charge < -0.3 is 4.74 Å². The van der Waals surface area contributed by atoms with Crippen LogP contribution in [0.5, 0.6) is 0 Å². The average Bonchev–Trinajstić information content (AvgIpc) is 2.03. The largest absolute Gasteiger partial charge is 0.381 e. The van der Waals surface area contributed by atoms with E-state index in [1.54, 1.807) is 0 Å². The van der Waals surface area contributed by atoms with Gasteiger partial charge in [0.2, 0.25) is 0 Å². The zero-order valence-electron chi connectivity index (χ0n) is 8.55. The van der Waals surface area contributed by atoms with E-state index >= 15 is 0 Å².